The van der Waals surface area contributed by atoms with Crippen LogP contribution in [-0.4, -0.2) is 45.3 Å². The molecule has 1 saturated heterocycles. The Bertz CT molecular complexity index is 1170. The van der Waals surface area contributed by atoms with Crippen LogP contribution < -0.4 is 10.1 Å². The Hall–Kier alpha value is -3.13. The number of aryl methyl sites for hydroxylation is 1. The Morgan fingerprint density at radius 2 is 1.66 bits per heavy atom. The third kappa shape index (κ3) is 4.41. The van der Waals surface area contributed by atoms with Crippen LogP contribution in [0.25, 0.3) is 4.91 Å². The van der Waals surface area contributed by atoms with Crippen molar-refractivity contribution in [3.05, 3.63) is 65.2 Å². The topological polar surface area (TPSA) is 88.1 Å². The number of likely N-dealkylation sites (tertiary alicyclic amines) is 1. The molecule has 0 radical (unpaired) electrons. The lowest BCUT2D eigenvalue weighted by Crippen LogP contribution is -2.41. The average molecular weight is 454 g/mol. The zero-order valence-electron chi connectivity index (χ0n) is 18.5. The molecule has 8 heteroatoms. The van der Waals surface area contributed by atoms with Gasteiger partial charge in [0, 0.05) is 30.3 Å². The summed E-state index contributed by atoms with van der Waals surface area (Å²) in [5.74, 6) is 1.03. The number of hydrogen-bond acceptors (Lipinski definition) is 5. The summed E-state index contributed by atoms with van der Waals surface area (Å²) in [6.07, 6.45) is 1.28. The van der Waals surface area contributed by atoms with Gasteiger partial charge in [0.25, 0.3) is 10.0 Å². The lowest BCUT2D eigenvalue weighted by Gasteiger charge is -2.32. The van der Waals surface area contributed by atoms with E-state index in [1.165, 1.54) is 0 Å². The standard InChI is InChI=1S/C24H27N3O4S/c1-16-4-8-20(9-5-16)25-24(28)19-12-14-27(15-13-19)23-17(2)22(32(29,30)26-23)18-6-10-21(31-3)11-7-18/h4-11,19H,12-15H2,1-3H3,(H,25,28). The first kappa shape index (κ1) is 22.1. The van der Waals surface area contributed by atoms with Crippen molar-refractivity contribution in [2.24, 2.45) is 10.3 Å². The molecule has 2 aromatic rings. The minimum absolute atomic E-state index is 0.000621. The maximum atomic E-state index is 12.8. The Kier molecular flexibility index (Phi) is 6.06. The molecule has 1 amide bonds. The van der Waals surface area contributed by atoms with E-state index in [0.717, 1.165) is 11.3 Å². The number of anilines is 1. The minimum Gasteiger partial charge on any atom is -0.497 e. The highest BCUT2D eigenvalue weighted by atomic mass is 32.2. The van der Waals surface area contributed by atoms with Crippen LogP contribution in [0.3, 0.4) is 0 Å². The Morgan fingerprint density at radius 1 is 1.03 bits per heavy atom. The first-order valence-electron chi connectivity index (χ1n) is 10.6. The molecule has 4 rings (SSSR count). The largest absolute Gasteiger partial charge is 0.497 e. The lowest BCUT2D eigenvalue weighted by atomic mass is 9.95. The first-order valence-corrected chi connectivity index (χ1v) is 12.1. The van der Waals surface area contributed by atoms with Gasteiger partial charge in [-0.05, 0) is 68.7 Å². The van der Waals surface area contributed by atoms with Gasteiger partial charge >= 0.3 is 0 Å². The summed E-state index contributed by atoms with van der Waals surface area (Å²) in [6, 6.07) is 14.7. The molecule has 2 heterocycles. The van der Waals surface area contributed by atoms with Gasteiger partial charge in [0.2, 0.25) is 5.91 Å². The highest BCUT2D eigenvalue weighted by molar-refractivity contribution is 8.00. The number of benzene rings is 2. The summed E-state index contributed by atoms with van der Waals surface area (Å²) in [5, 5.41) is 2.98. The molecule has 0 atom stereocenters. The number of ether oxygens (including phenoxy) is 1. The van der Waals surface area contributed by atoms with Crippen molar-refractivity contribution >= 4 is 32.4 Å². The smallest absolute Gasteiger partial charge is 0.285 e. The number of nitrogens with zero attached hydrogens (tertiary/aromatic N) is 2. The van der Waals surface area contributed by atoms with Crippen molar-refractivity contribution in [2.75, 3.05) is 25.5 Å². The Labute approximate surface area is 188 Å². The summed E-state index contributed by atoms with van der Waals surface area (Å²) in [7, 11) is -2.21. The van der Waals surface area contributed by atoms with Crippen molar-refractivity contribution in [3.63, 3.8) is 0 Å². The molecule has 32 heavy (non-hydrogen) atoms. The van der Waals surface area contributed by atoms with Gasteiger partial charge in [0.15, 0.2) is 0 Å². The first-order chi connectivity index (χ1) is 15.3. The second-order valence-corrected chi connectivity index (χ2v) is 9.73. The molecule has 2 aliphatic heterocycles. The fourth-order valence-electron chi connectivity index (χ4n) is 4.16. The fraction of sp³-hybridized carbons (Fsp3) is 0.333. The van der Waals surface area contributed by atoms with E-state index in [-0.39, 0.29) is 16.7 Å². The normalized spacial score (nSPS) is 18.5. The molecule has 2 aromatic carbocycles. The predicted molar refractivity (Wildman–Crippen MR) is 126 cm³/mol. The second kappa shape index (κ2) is 8.78. The highest BCUT2D eigenvalue weighted by Crippen LogP contribution is 2.35. The third-order valence-electron chi connectivity index (χ3n) is 5.98. The molecule has 168 valence electrons. The Morgan fingerprint density at radius 3 is 2.25 bits per heavy atom. The van der Waals surface area contributed by atoms with E-state index < -0.39 is 10.0 Å². The molecule has 1 N–H and O–H groups in total. The molecule has 0 unspecified atom stereocenters. The van der Waals surface area contributed by atoms with Crippen molar-refractivity contribution in [3.8, 4) is 5.75 Å². The molecule has 2 aliphatic rings. The van der Waals surface area contributed by atoms with Crippen molar-refractivity contribution in [2.45, 2.75) is 26.7 Å². The van der Waals surface area contributed by atoms with Crippen LogP contribution in [0.15, 0.2) is 58.5 Å². The average Bonchev–Trinajstić information content (AvgIpc) is 3.04. The van der Waals surface area contributed by atoms with E-state index in [2.05, 4.69) is 9.71 Å². The van der Waals surface area contributed by atoms with E-state index >= 15 is 0 Å². The number of methoxy groups -OCH3 is 1. The Balaban J connectivity index is 1.45. The fourth-order valence-corrected chi connectivity index (χ4v) is 5.64. The summed E-state index contributed by atoms with van der Waals surface area (Å²) in [5.41, 5.74) is 3.16. The monoisotopic (exact) mass is 453 g/mol. The van der Waals surface area contributed by atoms with Crippen molar-refractivity contribution in [1.29, 1.82) is 0 Å². The van der Waals surface area contributed by atoms with Gasteiger partial charge < -0.3 is 15.0 Å². The van der Waals surface area contributed by atoms with Crippen LogP contribution in [0, 0.1) is 12.8 Å². The number of piperidine rings is 1. The van der Waals surface area contributed by atoms with E-state index in [9.17, 15) is 13.2 Å². The van der Waals surface area contributed by atoms with Crippen molar-refractivity contribution in [1.82, 2.24) is 4.90 Å². The van der Waals surface area contributed by atoms with Gasteiger partial charge in [-0.15, -0.1) is 4.40 Å². The van der Waals surface area contributed by atoms with E-state index in [1.54, 1.807) is 38.3 Å². The van der Waals surface area contributed by atoms with Gasteiger partial charge in [0.05, 0.1) is 7.11 Å². The maximum absolute atomic E-state index is 12.8. The number of hydrogen-bond donors (Lipinski definition) is 1. The molecule has 0 saturated carbocycles. The number of amidine groups is 1. The van der Waals surface area contributed by atoms with Crippen LogP contribution in [0.2, 0.25) is 0 Å². The van der Waals surface area contributed by atoms with Crippen LogP contribution >= 0.6 is 0 Å². The summed E-state index contributed by atoms with van der Waals surface area (Å²) in [6.45, 7) is 4.95. The van der Waals surface area contributed by atoms with Gasteiger partial charge in [-0.2, -0.15) is 8.42 Å². The van der Waals surface area contributed by atoms with Gasteiger partial charge in [0.1, 0.15) is 16.5 Å². The molecular weight excluding hydrogens is 426 g/mol. The van der Waals surface area contributed by atoms with Gasteiger partial charge in [-0.3, -0.25) is 4.79 Å². The van der Waals surface area contributed by atoms with Crippen LogP contribution in [0.1, 0.15) is 30.9 Å². The molecule has 1 fully saturated rings. The van der Waals surface area contributed by atoms with Gasteiger partial charge in [-0.1, -0.05) is 17.7 Å². The van der Waals surface area contributed by atoms with Gasteiger partial charge in [-0.25, -0.2) is 0 Å². The van der Waals surface area contributed by atoms with E-state index in [4.69, 9.17) is 4.74 Å². The zero-order chi connectivity index (χ0) is 22.9. The second-order valence-electron chi connectivity index (χ2n) is 8.19. The lowest BCUT2D eigenvalue weighted by molar-refractivity contribution is -0.120. The molecular formula is C24H27N3O4S. The van der Waals surface area contributed by atoms with E-state index in [1.807, 2.05) is 36.1 Å². The number of carbonyl (C=O) groups excluding carboxylic acids is 1. The summed E-state index contributed by atoms with van der Waals surface area (Å²) < 4.78 is 34.9. The maximum Gasteiger partial charge on any atom is 0.285 e. The molecule has 7 nitrogen and oxygen atoms in total. The van der Waals surface area contributed by atoms with Crippen molar-refractivity contribution < 1.29 is 17.9 Å². The number of rotatable bonds is 4. The van der Waals surface area contributed by atoms with Crippen LogP contribution in [0.4, 0.5) is 5.69 Å². The minimum atomic E-state index is -3.78. The SMILES string of the molecule is COc1ccc(C2=C(C)C(N3CCC(C(=O)Nc4ccc(C)cc4)CC3)=NS2(=O)=O)cc1. The number of nitrogens with one attached hydrogen (secondary N) is 1. The molecule has 0 bridgehead atoms. The number of sulfonamides is 1. The summed E-state index contributed by atoms with van der Waals surface area (Å²) in [4.78, 5) is 14.9. The quantitative estimate of drug-likeness (QED) is 0.760. The van der Waals surface area contributed by atoms with Crippen LogP contribution in [-0.2, 0) is 14.8 Å². The highest BCUT2D eigenvalue weighted by Gasteiger charge is 2.35. The number of amides is 1. The zero-order valence-corrected chi connectivity index (χ0v) is 19.3. The summed E-state index contributed by atoms with van der Waals surface area (Å²) >= 11 is 0. The molecule has 0 aliphatic carbocycles. The van der Waals surface area contributed by atoms with E-state index in [0.29, 0.717) is 48.7 Å². The molecule has 0 spiro atoms. The van der Waals surface area contributed by atoms with Crippen LogP contribution in [0.5, 0.6) is 5.75 Å². The predicted octanol–water partition coefficient (Wildman–Crippen LogP) is 3.83. The third-order valence-corrected chi connectivity index (χ3v) is 7.45. The molecule has 0 aromatic heterocycles. The number of carbonyl (C=O) groups is 1.